The van der Waals surface area contributed by atoms with Crippen molar-refractivity contribution in [3.05, 3.63) is 40.7 Å². The molecule has 0 aliphatic carbocycles. The van der Waals surface area contributed by atoms with Crippen molar-refractivity contribution in [2.45, 2.75) is 6.04 Å². The molecular formula is C12H15N3O2S. The predicted molar refractivity (Wildman–Crippen MR) is 69.6 cm³/mol. The van der Waals surface area contributed by atoms with Crippen molar-refractivity contribution in [3.8, 4) is 0 Å². The van der Waals surface area contributed by atoms with Gasteiger partial charge < -0.3 is 9.73 Å². The Morgan fingerprint density at radius 1 is 1.61 bits per heavy atom. The lowest BCUT2D eigenvalue weighted by atomic mass is 10.2. The van der Waals surface area contributed by atoms with Crippen LogP contribution in [0.15, 0.2) is 33.7 Å². The first-order valence-corrected chi connectivity index (χ1v) is 6.49. The maximum absolute atomic E-state index is 11.8. The summed E-state index contributed by atoms with van der Waals surface area (Å²) in [4.78, 5) is 17.8. The SMILES string of the molecule is CN(C)C(CNC(=O)c1cscn1)c1ccco1. The normalized spacial score (nSPS) is 12.6. The molecule has 0 aliphatic heterocycles. The highest BCUT2D eigenvalue weighted by molar-refractivity contribution is 7.07. The van der Waals surface area contributed by atoms with E-state index < -0.39 is 0 Å². The molecular weight excluding hydrogens is 250 g/mol. The lowest BCUT2D eigenvalue weighted by Gasteiger charge is -2.22. The zero-order valence-electron chi connectivity index (χ0n) is 10.3. The summed E-state index contributed by atoms with van der Waals surface area (Å²) in [7, 11) is 3.89. The first-order chi connectivity index (χ1) is 8.68. The van der Waals surface area contributed by atoms with Crippen molar-refractivity contribution in [3.63, 3.8) is 0 Å². The number of aromatic nitrogens is 1. The minimum Gasteiger partial charge on any atom is -0.468 e. The van der Waals surface area contributed by atoms with Gasteiger partial charge in [0.2, 0.25) is 0 Å². The van der Waals surface area contributed by atoms with Gasteiger partial charge in [-0.25, -0.2) is 4.98 Å². The minimum absolute atomic E-state index is 0.0163. The highest BCUT2D eigenvalue weighted by atomic mass is 32.1. The van der Waals surface area contributed by atoms with Crippen molar-refractivity contribution in [2.75, 3.05) is 20.6 Å². The van der Waals surface area contributed by atoms with Gasteiger partial charge in [-0.15, -0.1) is 11.3 Å². The van der Waals surface area contributed by atoms with E-state index in [4.69, 9.17) is 4.42 Å². The van der Waals surface area contributed by atoms with Crippen LogP contribution in [-0.2, 0) is 0 Å². The van der Waals surface area contributed by atoms with E-state index in [-0.39, 0.29) is 11.9 Å². The fourth-order valence-corrected chi connectivity index (χ4v) is 2.16. The summed E-state index contributed by atoms with van der Waals surface area (Å²) in [6.07, 6.45) is 1.63. The Hall–Kier alpha value is -1.66. The van der Waals surface area contributed by atoms with Gasteiger partial charge in [0.25, 0.3) is 5.91 Å². The van der Waals surface area contributed by atoms with Crippen LogP contribution >= 0.6 is 11.3 Å². The maximum Gasteiger partial charge on any atom is 0.270 e. The molecule has 0 bridgehead atoms. The molecule has 5 nitrogen and oxygen atoms in total. The van der Waals surface area contributed by atoms with E-state index in [9.17, 15) is 4.79 Å². The van der Waals surface area contributed by atoms with Crippen molar-refractivity contribution in [2.24, 2.45) is 0 Å². The van der Waals surface area contributed by atoms with E-state index in [1.54, 1.807) is 17.2 Å². The third-order valence-corrected chi connectivity index (χ3v) is 3.20. The molecule has 0 aromatic carbocycles. The van der Waals surface area contributed by atoms with E-state index >= 15 is 0 Å². The molecule has 1 unspecified atom stereocenters. The second-order valence-electron chi connectivity index (χ2n) is 4.08. The van der Waals surface area contributed by atoms with Crippen LogP contribution in [0.4, 0.5) is 0 Å². The standard InChI is InChI=1S/C12H15N3O2S/c1-15(2)10(11-4-3-5-17-11)6-13-12(16)9-7-18-8-14-9/h3-5,7-8,10H,6H2,1-2H3,(H,13,16). The topological polar surface area (TPSA) is 58.4 Å². The maximum atomic E-state index is 11.8. The molecule has 1 amide bonds. The quantitative estimate of drug-likeness (QED) is 0.895. The Bertz CT molecular complexity index is 479. The number of nitrogens with one attached hydrogen (secondary N) is 1. The molecule has 1 atom stereocenters. The van der Waals surface area contributed by atoms with Crippen molar-refractivity contribution in [1.29, 1.82) is 0 Å². The lowest BCUT2D eigenvalue weighted by Crippen LogP contribution is -2.34. The van der Waals surface area contributed by atoms with E-state index in [1.165, 1.54) is 11.3 Å². The molecule has 0 spiro atoms. The molecule has 0 fully saturated rings. The Morgan fingerprint density at radius 3 is 3.00 bits per heavy atom. The van der Waals surface area contributed by atoms with Crippen LogP contribution in [0, 0.1) is 0 Å². The van der Waals surface area contributed by atoms with Gasteiger partial charge in [-0.3, -0.25) is 9.69 Å². The monoisotopic (exact) mass is 265 g/mol. The molecule has 18 heavy (non-hydrogen) atoms. The number of hydrogen-bond donors (Lipinski definition) is 1. The number of furan rings is 1. The summed E-state index contributed by atoms with van der Waals surface area (Å²) < 4.78 is 5.37. The van der Waals surface area contributed by atoms with Gasteiger partial charge >= 0.3 is 0 Å². The number of thiazole rings is 1. The summed E-state index contributed by atoms with van der Waals surface area (Å²) in [5.41, 5.74) is 2.10. The zero-order chi connectivity index (χ0) is 13.0. The Kier molecular flexibility index (Phi) is 4.11. The smallest absolute Gasteiger partial charge is 0.270 e. The second-order valence-corrected chi connectivity index (χ2v) is 4.80. The second kappa shape index (κ2) is 5.79. The van der Waals surface area contributed by atoms with Crippen LogP contribution in [0.5, 0.6) is 0 Å². The van der Waals surface area contributed by atoms with Gasteiger partial charge in [0.1, 0.15) is 11.5 Å². The van der Waals surface area contributed by atoms with Crippen LogP contribution in [-0.4, -0.2) is 36.4 Å². The first-order valence-electron chi connectivity index (χ1n) is 5.54. The average Bonchev–Trinajstić information content (AvgIpc) is 3.01. The molecule has 2 rings (SSSR count). The molecule has 0 radical (unpaired) electrons. The molecule has 2 aromatic heterocycles. The number of likely N-dealkylation sites (N-methyl/N-ethyl adjacent to an activating group) is 1. The van der Waals surface area contributed by atoms with Crippen LogP contribution in [0.1, 0.15) is 22.3 Å². The number of hydrogen-bond acceptors (Lipinski definition) is 5. The Labute approximate surface area is 109 Å². The molecule has 2 heterocycles. The van der Waals surface area contributed by atoms with Gasteiger partial charge in [-0.05, 0) is 26.2 Å². The average molecular weight is 265 g/mol. The van der Waals surface area contributed by atoms with Gasteiger partial charge in [0, 0.05) is 11.9 Å². The van der Waals surface area contributed by atoms with Gasteiger partial charge in [-0.2, -0.15) is 0 Å². The van der Waals surface area contributed by atoms with E-state index in [0.29, 0.717) is 12.2 Å². The van der Waals surface area contributed by atoms with Crippen molar-refractivity contribution in [1.82, 2.24) is 15.2 Å². The van der Waals surface area contributed by atoms with E-state index in [1.807, 2.05) is 31.1 Å². The van der Waals surface area contributed by atoms with E-state index in [0.717, 1.165) is 5.76 Å². The third kappa shape index (κ3) is 2.96. The Balaban J connectivity index is 1.97. The van der Waals surface area contributed by atoms with Gasteiger partial charge in [-0.1, -0.05) is 0 Å². The van der Waals surface area contributed by atoms with Crippen molar-refractivity contribution < 1.29 is 9.21 Å². The number of amides is 1. The van der Waals surface area contributed by atoms with E-state index in [2.05, 4.69) is 10.3 Å². The summed E-state index contributed by atoms with van der Waals surface area (Å²) >= 11 is 1.41. The summed E-state index contributed by atoms with van der Waals surface area (Å²) in [6.45, 7) is 0.483. The number of carbonyl (C=O) groups excluding carboxylic acids is 1. The summed E-state index contributed by atoms with van der Waals surface area (Å²) in [5, 5.41) is 4.59. The molecule has 96 valence electrons. The zero-order valence-corrected chi connectivity index (χ0v) is 11.1. The Morgan fingerprint density at radius 2 is 2.44 bits per heavy atom. The van der Waals surface area contributed by atoms with Crippen LogP contribution in [0.3, 0.4) is 0 Å². The molecule has 1 N–H and O–H groups in total. The highest BCUT2D eigenvalue weighted by Crippen LogP contribution is 2.17. The fourth-order valence-electron chi connectivity index (χ4n) is 1.62. The summed E-state index contributed by atoms with van der Waals surface area (Å²) in [5.74, 6) is 0.674. The van der Waals surface area contributed by atoms with Crippen LogP contribution < -0.4 is 5.32 Å². The predicted octanol–water partition coefficient (Wildman–Crippen LogP) is 1.77. The molecule has 6 heteroatoms. The summed E-state index contributed by atoms with van der Waals surface area (Å²) in [6, 6.07) is 3.76. The number of nitrogens with zero attached hydrogens (tertiary/aromatic N) is 2. The third-order valence-electron chi connectivity index (χ3n) is 2.62. The van der Waals surface area contributed by atoms with Crippen LogP contribution in [0.2, 0.25) is 0 Å². The number of rotatable bonds is 5. The first kappa shape index (κ1) is 12.8. The van der Waals surface area contributed by atoms with Gasteiger partial charge in [0.15, 0.2) is 0 Å². The molecule has 0 aliphatic rings. The van der Waals surface area contributed by atoms with Gasteiger partial charge in [0.05, 0.1) is 17.8 Å². The van der Waals surface area contributed by atoms with Crippen molar-refractivity contribution >= 4 is 17.2 Å². The largest absolute Gasteiger partial charge is 0.468 e. The van der Waals surface area contributed by atoms with Crippen LogP contribution in [0.25, 0.3) is 0 Å². The minimum atomic E-state index is -0.158. The molecule has 0 saturated carbocycles. The highest BCUT2D eigenvalue weighted by Gasteiger charge is 2.18. The molecule has 0 saturated heterocycles. The fraction of sp³-hybridized carbons (Fsp3) is 0.333. The number of carbonyl (C=O) groups is 1. The lowest BCUT2D eigenvalue weighted by molar-refractivity contribution is 0.0935. The molecule has 2 aromatic rings.